The smallest absolute Gasteiger partial charge is 0.348 e. The first-order valence-electron chi connectivity index (χ1n) is 9.05. The van der Waals surface area contributed by atoms with E-state index in [0.717, 1.165) is 31.9 Å². The molecule has 146 valence electrons. The Balaban J connectivity index is 1.78. The van der Waals surface area contributed by atoms with Gasteiger partial charge >= 0.3 is 6.18 Å². The minimum atomic E-state index is -4.72. The molecule has 2 aliphatic rings. The zero-order valence-corrected chi connectivity index (χ0v) is 15.2. The number of nitrogens with one attached hydrogen (secondary N) is 3. The number of carbonyl (C=O) groups excluding carboxylic acids is 1. The van der Waals surface area contributed by atoms with Crippen molar-refractivity contribution in [3.63, 3.8) is 0 Å². The SMILES string of the molecule is CCC1NNC2CCC(NC(=O)c3ncc(C#N)c(C(F)(F)F)c3C)CC12. The standard InChI is InChI=1S/C18H22F3N5O/c1-3-13-12-6-11(4-5-14(12)26-25-13)24-17(27)16-9(2)15(18(19,20)21)10(7-22)8-23-16/h8,11-14,25-26H,3-6H2,1-2H3,(H,24,27). The maximum Gasteiger partial charge on any atom is 0.418 e. The van der Waals surface area contributed by atoms with Gasteiger partial charge in [0, 0.05) is 24.3 Å². The van der Waals surface area contributed by atoms with E-state index in [4.69, 9.17) is 5.26 Å². The van der Waals surface area contributed by atoms with Crippen LogP contribution in [-0.2, 0) is 6.18 Å². The fraction of sp³-hybridized carbons (Fsp3) is 0.611. The van der Waals surface area contributed by atoms with E-state index in [-0.39, 0.29) is 17.3 Å². The van der Waals surface area contributed by atoms with Crippen molar-refractivity contribution in [2.75, 3.05) is 0 Å². The molecule has 2 heterocycles. The molecule has 1 aromatic rings. The van der Waals surface area contributed by atoms with E-state index in [1.165, 1.54) is 13.0 Å². The van der Waals surface area contributed by atoms with Crippen molar-refractivity contribution in [3.8, 4) is 6.07 Å². The van der Waals surface area contributed by atoms with Gasteiger partial charge in [0.1, 0.15) is 11.8 Å². The molecule has 1 aliphatic heterocycles. The average molecular weight is 381 g/mol. The monoisotopic (exact) mass is 381 g/mol. The highest BCUT2D eigenvalue weighted by molar-refractivity contribution is 5.94. The predicted molar refractivity (Wildman–Crippen MR) is 91.4 cm³/mol. The summed E-state index contributed by atoms with van der Waals surface area (Å²) in [5.41, 5.74) is 4.28. The number of amides is 1. The molecule has 1 saturated heterocycles. The van der Waals surface area contributed by atoms with Gasteiger partial charge in [-0.25, -0.2) is 4.98 Å². The Morgan fingerprint density at radius 1 is 1.41 bits per heavy atom. The third-order valence-corrected chi connectivity index (χ3v) is 5.59. The van der Waals surface area contributed by atoms with Crippen LogP contribution in [0.25, 0.3) is 0 Å². The highest BCUT2D eigenvalue weighted by Gasteiger charge is 2.41. The number of alkyl halides is 3. The molecule has 0 bridgehead atoms. The number of aromatic nitrogens is 1. The van der Waals surface area contributed by atoms with Gasteiger partial charge in [0.2, 0.25) is 0 Å². The molecule has 27 heavy (non-hydrogen) atoms. The first kappa shape index (κ1) is 19.6. The van der Waals surface area contributed by atoms with E-state index in [9.17, 15) is 18.0 Å². The Labute approximate surface area is 155 Å². The second kappa shape index (κ2) is 7.44. The number of fused-ring (bicyclic) bond motifs is 1. The molecular weight excluding hydrogens is 359 g/mol. The molecule has 3 rings (SSSR count). The second-order valence-corrected chi connectivity index (χ2v) is 7.19. The van der Waals surface area contributed by atoms with Crippen LogP contribution in [0.4, 0.5) is 13.2 Å². The first-order valence-corrected chi connectivity index (χ1v) is 9.05. The lowest BCUT2D eigenvalue weighted by atomic mass is 9.78. The Morgan fingerprint density at radius 3 is 2.78 bits per heavy atom. The van der Waals surface area contributed by atoms with Gasteiger partial charge in [0.05, 0.1) is 11.1 Å². The van der Waals surface area contributed by atoms with E-state index in [2.05, 4.69) is 28.1 Å². The van der Waals surface area contributed by atoms with Gasteiger partial charge in [-0.2, -0.15) is 18.4 Å². The highest BCUT2D eigenvalue weighted by atomic mass is 19.4. The first-order chi connectivity index (χ1) is 12.8. The summed E-state index contributed by atoms with van der Waals surface area (Å²) in [5.74, 6) is -0.257. The molecule has 4 atom stereocenters. The van der Waals surface area contributed by atoms with E-state index >= 15 is 0 Å². The Morgan fingerprint density at radius 2 is 2.15 bits per heavy atom. The van der Waals surface area contributed by atoms with Crippen LogP contribution in [0.2, 0.25) is 0 Å². The van der Waals surface area contributed by atoms with Crippen LogP contribution < -0.4 is 16.2 Å². The number of carbonyl (C=O) groups is 1. The summed E-state index contributed by atoms with van der Waals surface area (Å²) in [6.07, 6.45) is -0.553. The predicted octanol–water partition coefficient (Wildman–Crippen LogP) is 2.43. The molecule has 6 nitrogen and oxygen atoms in total. The van der Waals surface area contributed by atoms with Crippen molar-refractivity contribution in [1.82, 2.24) is 21.2 Å². The van der Waals surface area contributed by atoms with Crippen LogP contribution in [0.5, 0.6) is 0 Å². The lowest BCUT2D eigenvalue weighted by molar-refractivity contribution is -0.138. The molecule has 0 spiro atoms. The largest absolute Gasteiger partial charge is 0.418 e. The molecule has 1 aliphatic carbocycles. The average Bonchev–Trinajstić information content (AvgIpc) is 3.02. The normalized spacial score (nSPS) is 27.7. The maximum absolute atomic E-state index is 13.3. The van der Waals surface area contributed by atoms with E-state index in [1.54, 1.807) is 0 Å². The minimum Gasteiger partial charge on any atom is -0.348 e. The van der Waals surface area contributed by atoms with Crippen LogP contribution in [0.15, 0.2) is 6.20 Å². The molecular formula is C18H22F3N5O. The summed E-state index contributed by atoms with van der Waals surface area (Å²) in [6.45, 7) is 3.27. The molecule has 1 aromatic heterocycles. The van der Waals surface area contributed by atoms with Crippen molar-refractivity contribution in [2.24, 2.45) is 5.92 Å². The molecule has 9 heteroatoms. The second-order valence-electron chi connectivity index (χ2n) is 7.19. The third-order valence-electron chi connectivity index (χ3n) is 5.59. The van der Waals surface area contributed by atoms with Crippen molar-refractivity contribution >= 4 is 5.91 Å². The Kier molecular flexibility index (Phi) is 5.40. The number of halogens is 3. The van der Waals surface area contributed by atoms with Gasteiger partial charge in [0.25, 0.3) is 5.91 Å². The van der Waals surface area contributed by atoms with Crippen LogP contribution in [0, 0.1) is 24.2 Å². The summed E-state index contributed by atoms with van der Waals surface area (Å²) in [5, 5.41) is 11.8. The molecule has 4 unspecified atom stereocenters. The number of rotatable bonds is 3. The van der Waals surface area contributed by atoms with E-state index in [0.29, 0.717) is 18.0 Å². The number of hydrogen-bond acceptors (Lipinski definition) is 5. The van der Waals surface area contributed by atoms with Crippen LogP contribution in [0.3, 0.4) is 0 Å². The lowest BCUT2D eigenvalue weighted by Crippen LogP contribution is -2.45. The fourth-order valence-electron chi connectivity index (χ4n) is 4.23. The number of hydrogen-bond donors (Lipinski definition) is 3. The quantitative estimate of drug-likeness (QED) is 0.748. The summed E-state index contributed by atoms with van der Waals surface area (Å²) < 4.78 is 39.9. The molecule has 1 amide bonds. The van der Waals surface area contributed by atoms with Gasteiger partial charge in [-0.3, -0.25) is 15.6 Å². The van der Waals surface area contributed by atoms with E-state index in [1.807, 2.05) is 0 Å². The summed E-state index contributed by atoms with van der Waals surface area (Å²) in [6, 6.07) is 2.07. The maximum atomic E-state index is 13.3. The van der Waals surface area contributed by atoms with Gasteiger partial charge in [-0.05, 0) is 44.1 Å². The van der Waals surface area contributed by atoms with Gasteiger partial charge in [0.15, 0.2) is 0 Å². The van der Waals surface area contributed by atoms with Crippen molar-refractivity contribution in [1.29, 1.82) is 5.26 Å². The number of nitrogens with zero attached hydrogens (tertiary/aromatic N) is 2. The van der Waals surface area contributed by atoms with Crippen molar-refractivity contribution in [2.45, 2.75) is 63.8 Å². The zero-order valence-electron chi connectivity index (χ0n) is 15.2. The van der Waals surface area contributed by atoms with Gasteiger partial charge < -0.3 is 5.32 Å². The van der Waals surface area contributed by atoms with Gasteiger partial charge in [-0.1, -0.05) is 6.92 Å². The van der Waals surface area contributed by atoms with Crippen LogP contribution >= 0.6 is 0 Å². The molecule has 3 N–H and O–H groups in total. The van der Waals surface area contributed by atoms with Crippen LogP contribution in [0.1, 0.15) is 59.8 Å². The van der Waals surface area contributed by atoms with E-state index < -0.39 is 23.2 Å². The summed E-state index contributed by atoms with van der Waals surface area (Å²) >= 11 is 0. The molecule has 2 fully saturated rings. The van der Waals surface area contributed by atoms with Gasteiger partial charge in [-0.15, -0.1) is 0 Å². The molecule has 1 saturated carbocycles. The molecule has 0 aromatic carbocycles. The Bertz CT molecular complexity index is 767. The topological polar surface area (TPSA) is 89.8 Å². The highest BCUT2D eigenvalue weighted by Crippen LogP contribution is 2.35. The number of nitriles is 1. The minimum absolute atomic E-state index is 0.110. The Hall–Kier alpha value is -2.18. The number of hydrazine groups is 1. The number of pyridine rings is 1. The fourth-order valence-corrected chi connectivity index (χ4v) is 4.23. The molecule has 0 radical (unpaired) electrons. The third kappa shape index (κ3) is 3.77. The van der Waals surface area contributed by atoms with Crippen molar-refractivity contribution < 1.29 is 18.0 Å². The van der Waals surface area contributed by atoms with Crippen LogP contribution in [-0.4, -0.2) is 29.0 Å². The zero-order chi connectivity index (χ0) is 19.8. The van der Waals surface area contributed by atoms with Crippen molar-refractivity contribution in [3.05, 3.63) is 28.6 Å². The summed E-state index contributed by atoms with van der Waals surface area (Å²) in [7, 11) is 0. The summed E-state index contributed by atoms with van der Waals surface area (Å²) in [4.78, 5) is 16.4. The lowest BCUT2D eigenvalue weighted by Gasteiger charge is -2.33.